The summed E-state index contributed by atoms with van der Waals surface area (Å²) in [7, 11) is 0. The first kappa shape index (κ1) is 32.1. The molecule has 0 aliphatic carbocycles. The Bertz CT molecular complexity index is 3510. The molecule has 3 aromatic heterocycles. The highest BCUT2D eigenvalue weighted by molar-refractivity contribution is 7.25. The van der Waals surface area contributed by atoms with Crippen LogP contribution in [0, 0.1) is 0 Å². The predicted octanol–water partition coefficient (Wildman–Crippen LogP) is 15.2. The number of aromatic nitrogens is 2. The number of hydrogen-bond acceptors (Lipinski definition) is 1. The van der Waals surface area contributed by atoms with E-state index in [1.54, 1.807) is 0 Å². The van der Waals surface area contributed by atoms with Gasteiger partial charge in [0.2, 0.25) is 0 Å². The Morgan fingerprint density at radius 3 is 1.40 bits per heavy atom. The third-order valence-corrected chi connectivity index (χ3v) is 12.8. The first-order chi connectivity index (χ1) is 28.2. The van der Waals surface area contributed by atoms with E-state index in [-0.39, 0.29) is 0 Å². The molecule has 2 nitrogen and oxygen atoms in total. The molecule has 0 N–H and O–H groups in total. The maximum atomic E-state index is 2.44. The SMILES string of the molecule is c1ccc(-c2cccc(-n3c4ccc(-c5ccc6c(c5)sc5ccccc56)cc4c4cc(-c5ccc6c(c5)c5ccccc5n6-c5ccccc5)ccc43)c2)cc1. The van der Waals surface area contributed by atoms with E-state index in [0.717, 1.165) is 5.69 Å². The fourth-order valence-electron chi connectivity index (χ4n) is 9.03. The van der Waals surface area contributed by atoms with Crippen LogP contribution in [0.4, 0.5) is 0 Å². The lowest BCUT2D eigenvalue weighted by molar-refractivity contribution is 1.18. The fraction of sp³-hybridized carbons (Fsp3) is 0. The fourth-order valence-corrected chi connectivity index (χ4v) is 10.2. The van der Waals surface area contributed by atoms with Gasteiger partial charge in [0.25, 0.3) is 0 Å². The van der Waals surface area contributed by atoms with Crippen LogP contribution in [-0.2, 0) is 0 Å². The minimum atomic E-state index is 1.15. The highest BCUT2D eigenvalue weighted by Crippen LogP contribution is 2.41. The van der Waals surface area contributed by atoms with E-state index in [2.05, 4.69) is 215 Å². The normalized spacial score (nSPS) is 11.9. The van der Waals surface area contributed by atoms with Crippen molar-refractivity contribution in [2.24, 2.45) is 0 Å². The molecule has 12 rings (SSSR count). The maximum absolute atomic E-state index is 2.44. The van der Waals surface area contributed by atoms with Crippen molar-refractivity contribution in [2.75, 3.05) is 0 Å². The van der Waals surface area contributed by atoms with Crippen molar-refractivity contribution < 1.29 is 0 Å². The number of para-hydroxylation sites is 2. The molecule has 9 aromatic carbocycles. The van der Waals surface area contributed by atoms with Gasteiger partial charge in [-0.3, -0.25) is 0 Å². The van der Waals surface area contributed by atoms with Gasteiger partial charge in [0.1, 0.15) is 0 Å². The summed E-state index contributed by atoms with van der Waals surface area (Å²) in [6.07, 6.45) is 0. The molecule has 0 atom stereocenters. The molecule has 0 fully saturated rings. The Morgan fingerprint density at radius 1 is 0.246 bits per heavy atom. The lowest BCUT2D eigenvalue weighted by Gasteiger charge is -2.11. The Hall–Kier alpha value is -7.20. The first-order valence-electron chi connectivity index (χ1n) is 19.5. The van der Waals surface area contributed by atoms with E-state index < -0.39 is 0 Å². The molecule has 0 spiro atoms. The Morgan fingerprint density at radius 2 is 0.702 bits per heavy atom. The van der Waals surface area contributed by atoms with E-state index in [4.69, 9.17) is 0 Å². The third-order valence-electron chi connectivity index (χ3n) is 11.7. The van der Waals surface area contributed by atoms with Crippen LogP contribution < -0.4 is 0 Å². The van der Waals surface area contributed by atoms with Gasteiger partial charge < -0.3 is 9.13 Å². The molecular formula is C54H34N2S. The van der Waals surface area contributed by atoms with Gasteiger partial charge in [-0.15, -0.1) is 11.3 Å². The highest BCUT2D eigenvalue weighted by atomic mass is 32.1. The molecule has 3 heterocycles. The molecule has 0 aliphatic heterocycles. The number of nitrogens with zero attached hydrogens (tertiary/aromatic N) is 2. The van der Waals surface area contributed by atoms with Gasteiger partial charge in [-0.25, -0.2) is 0 Å². The zero-order valence-corrected chi connectivity index (χ0v) is 31.7. The molecule has 0 bridgehead atoms. The summed E-state index contributed by atoms with van der Waals surface area (Å²) in [5, 5.41) is 7.65. The van der Waals surface area contributed by atoms with Crippen molar-refractivity contribution in [3.05, 3.63) is 206 Å². The molecule has 0 saturated heterocycles. The van der Waals surface area contributed by atoms with Crippen molar-refractivity contribution in [1.82, 2.24) is 9.13 Å². The molecule has 12 aromatic rings. The van der Waals surface area contributed by atoms with Crippen LogP contribution in [0.15, 0.2) is 206 Å². The standard InChI is InChI=1S/C54H34N2S/c1-3-12-35(13-4-1)36-14-11-17-42(30-36)56-51-28-24-38(37-23-27-50-46(31-37)43-18-7-9-20-49(43)55(50)41-15-5-2-6-16-41)32-47(51)48-33-39(25-29-52(48)56)40-22-26-45-44-19-8-10-21-53(44)57-54(45)34-40/h1-34H. The van der Waals surface area contributed by atoms with Crippen LogP contribution >= 0.6 is 11.3 Å². The molecule has 57 heavy (non-hydrogen) atoms. The number of fused-ring (bicyclic) bond motifs is 9. The Balaban J connectivity index is 1.06. The van der Waals surface area contributed by atoms with Crippen LogP contribution in [-0.4, -0.2) is 9.13 Å². The van der Waals surface area contributed by atoms with Gasteiger partial charge in [-0.2, -0.15) is 0 Å². The summed E-state index contributed by atoms with van der Waals surface area (Å²) in [5.74, 6) is 0. The van der Waals surface area contributed by atoms with Crippen molar-refractivity contribution in [3.8, 4) is 44.8 Å². The van der Waals surface area contributed by atoms with E-state index in [9.17, 15) is 0 Å². The molecule has 0 saturated carbocycles. The van der Waals surface area contributed by atoms with Crippen LogP contribution in [0.3, 0.4) is 0 Å². The molecule has 0 amide bonds. The first-order valence-corrected chi connectivity index (χ1v) is 20.3. The van der Waals surface area contributed by atoms with Crippen LogP contribution in [0.1, 0.15) is 0 Å². The third kappa shape index (κ3) is 5.10. The average Bonchev–Trinajstić information content (AvgIpc) is 3.93. The lowest BCUT2D eigenvalue weighted by Crippen LogP contribution is -1.94. The van der Waals surface area contributed by atoms with Gasteiger partial charge in [0.05, 0.1) is 22.1 Å². The lowest BCUT2D eigenvalue weighted by atomic mass is 9.99. The van der Waals surface area contributed by atoms with Crippen LogP contribution in [0.5, 0.6) is 0 Å². The summed E-state index contributed by atoms with van der Waals surface area (Å²) in [6, 6.07) is 75.7. The molecule has 0 unspecified atom stereocenters. The predicted molar refractivity (Wildman–Crippen MR) is 244 cm³/mol. The number of thiophene rings is 1. The molecule has 0 aliphatic rings. The highest BCUT2D eigenvalue weighted by Gasteiger charge is 2.18. The second-order valence-corrected chi connectivity index (χ2v) is 16.0. The molecule has 0 radical (unpaired) electrons. The van der Waals surface area contributed by atoms with E-state index in [0.29, 0.717) is 0 Å². The number of hydrogen-bond donors (Lipinski definition) is 0. The summed E-state index contributed by atoms with van der Waals surface area (Å²) in [4.78, 5) is 0. The topological polar surface area (TPSA) is 9.86 Å². The van der Waals surface area contributed by atoms with Crippen LogP contribution in [0.25, 0.3) is 109 Å². The second kappa shape index (κ2) is 12.7. The smallest absolute Gasteiger partial charge is 0.0541 e. The van der Waals surface area contributed by atoms with E-state index in [1.807, 2.05) is 11.3 Å². The number of benzene rings is 9. The molecular weight excluding hydrogens is 709 g/mol. The quantitative estimate of drug-likeness (QED) is 0.166. The summed E-state index contributed by atoms with van der Waals surface area (Å²) in [6.45, 7) is 0. The molecule has 3 heteroatoms. The van der Waals surface area contributed by atoms with Crippen molar-refractivity contribution in [3.63, 3.8) is 0 Å². The largest absolute Gasteiger partial charge is 0.309 e. The zero-order chi connectivity index (χ0) is 37.5. The van der Waals surface area contributed by atoms with Gasteiger partial charge in [-0.1, -0.05) is 127 Å². The molecule has 266 valence electrons. The minimum absolute atomic E-state index is 1.15. The minimum Gasteiger partial charge on any atom is -0.309 e. The summed E-state index contributed by atoms with van der Waals surface area (Å²) < 4.78 is 7.47. The van der Waals surface area contributed by atoms with Crippen LogP contribution in [0.2, 0.25) is 0 Å². The second-order valence-electron chi connectivity index (χ2n) is 14.9. The monoisotopic (exact) mass is 742 g/mol. The summed E-state index contributed by atoms with van der Waals surface area (Å²) in [5.41, 5.74) is 14.4. The van der Waals surface area contributed by atoms with Gasteiger partial charge in [0, 0.05) is 53.1 Å². The van der Waals surface area contributed by atoms with Gasteiger partial charge in [0.15, 0.2) is 0 Å². The summed E-state index contributed by atoms with van der Waals surface area (Å²) >= 11 is 1.87. The van der Waals surface area contributed by atoms with Crippen molar-refractivity contribution in [1.29, 1.82) is 0 Å². The van der Waals surface area contributed by atoms with E-state index in [1.165, 1.54) is 103 Å². The Labute approximate surface area is 333 Å². The Kier molecular flexibility index (Phi) is 7.13. The average molecular weight is 743 g/mol. The number of rotatable bonds is 5. The van der Waals surface area contributed by atoms with Gasteiger partial charge >= 0.3 is 0 Å². The maximum Gasteiger partial charge on any atom is 0.0541 e. The van der Waals surface area contributed by atoms with Crippen molar-refractivity contribution in [2.45, 2.75) is 0 Å². The van der Waals surface area contributed by atoms with Crippen molar-refractivity contribution >= 4 is 75.1 Å². The van der Waals surface area contributed by atoms with Gasteiger partial charge in [-0.05, 0) is 112 Å². The zero-order valence-electron chi connectivity index (χ0n) is 30.9. The van der Waals surface area contributed by atoms with E-state index >= 15 is 0 Å².